The molecule has 0 bridgehead atoms. The molecule has 0 radical (unpaired) electrons. The molecule has 140 valence electrons. The van der Waals surface area contributed by atoms with Gasteiger partial charge in [0.25, 0.3) is 5.56 Å². The number of H-pyrrole nitrogens is 1. The Morgan fingerprint density at radius 3 is 2.75 bits per heavy atom. The van der Waals surface area contributed by atoms with Crippen molar-refractivity contribution in [2.24, 2.45) is 4.99 Å². The first-order chi connectivity index (χ1) is 13.5. The van der Waals surface area contributed by atoms with Gasteiger partial charge in [-0.05, 0) is 30.3 Å². The number of rotatable bonds is 3. The summed E-state index contributed by atoms with van der Waals surface area (Å²) >= 11 is 6.13. The van der Waals surface area contributed by atoms with Gasteiger partial charge in [0, 0.05) is 17.4 Å². The topological polar surface area (TPSA) is 96.7 Å². The normalized spacial score (nSPS) is 13.7. The molecule has 28 heavy (non-hydrogen) atoms. The van der Waals surface area contributed by atoms with Crippen molar-refractivity contribution in [3.63, 3.8) is 0 Å². The summed E-state index contributed by atoms with van der Waals surface area (Å²) in [5.41, 5.74) is 0.963. The van der Waals surface area contributed by atoms with Gasteiger partial charge in [-0.3, -0.25) is 14.8 Å². The number of aromatic amines is 1. The largest absolute Gasteiger partial charge is 0.495 e. The van der Waals surface area contributed by atoms with Crippen LogP contribution in [-0.4, -0.2) is 28.0 Å². The third-order valence-corrected chi connectivity index (χ3v) is 4.67. The standard InChI is InChI=1S/C20H14ClN3O4/c1-28-17-7-6-12(9-15(17)21)24-19(26)14(18(25)23-20(24)27)8-11-10-22-16-5-3-2-4-13(11)16/h2-10,26H,1H3,(H,23,25,27). The number of para-hydroxylation sites is 1. The smallest absolute Gasteiger partial charge is 0.335 e. The van der Waals surface area contributed by atoms with E-state index in [0.717, 1.165) is 15.8 Å². The molecule has 1 aromatic heterocycles. The number of ether oxygens (including phenoxy) is 1. The molecular weight excluding hydrogens is 382 g/mol. The quantitative estimate of drug-likeness (QED) is 0.712. The fraction of sp³-hybridized carbons (Fsp3) is 0.0500. The summed E-state index contributed by atoms with van der Waals surface area (Å²) < 4.78 is 6.07. The SMILES string of the molecule is COc1ccc(-n2c(O)c(C=C3C=Nc4ccccc43)c(=O)[nH]c2=O)cc1Cl. The van der Waals surface area contributed by atoms with Gasteiger partial charge < -0.3 is 9.84 Å². The monoisotopic (exact) mass is 395 g/mol. The maximum Gasteiger partial charge on any atom is 0.335 e. The average Bonchev–Trinajstić information content (AvgIpc) is 3.08. The van der Waals surface area contributed by atoms with E-state index in [0.29, 0.717) is 11.3 Å². The molecule has 0 saturated heterocycles. The number of halogens is 1. The Hall–Kier alpha value is -3.58. The van der Waals surface area contributed by atoms with Crippen LogP contribution in [0.1, 0.15) is 11.1 Å². The van der Waals surface area contributed by atoms with Crippen LogP contribution in [0, 0.1) is 0 Å². The predicted molar refractivity (Wildman–Crippen MR) is 108 cm³/mol. The van der Waals surface area contributed by atoms with Crippen LogP contribution in [0.3, 0.4) is 0 Å². The summed E-state index contributed by atoms with van der Waals surface area (Å²) in [5.74, 6) is -0.0799. The minimum absolute atomic E-state index is 0.0651. The molecule has 7 nitrogen and oxygen atoms in total. The highest BCUT2D eigenvalue weighted by Crippen LogP contribution is 2.33. The first-order valence-corrected chi connectivity index (χ1v) is 8.65. The molecule has 0 atom stereocenters. The van der Waals surface area contributed by atoms with E-state index in [1.54, 1.807) is 18.3 Å². The first kappa shape index (κ1) is 17.8. The van der Waals surface area contributed by atoms with Crippen molar-refractivity contribution in [2.75, 3.05) is 7.11 Å². The van der Waals surface area contributed by atoms with Crippen LogP contribution in [0.5, 0.6) is 11.6 Å². The number of allylic oxidation sites excluding steroid dienone is 1. The van der Waals surface area contributed by atoms with Crippen molar-refractivity contribution in [2.45, 2.75) is 0 Å². The maximum absolute atomic E-state index is 12.3. The van der Waals surface area contributed by atoms with Crippen LogP contribution >= 0.6 is 11.6 Å². The fourth-order valence-corrected chi connectivity index (χ4v) is 3.26. The molecule has 3 aromatic rings. The number of aliphatic imine (C=N–C) groups is 1. The number of nitrogens with one attached hydrogen (secondary N) is 1. The molecule has 8 heteroatoms. The van der Waals surface area contributed by atoms with Gasteiger partial charge in [0.05, 0.1) is 23.5 Å². The summed E-state index contributed by atoms with van der Waals surface area (Å²) in [6, 6.07) is 12.0. The number of hydrogen-bond donors (Lipinski definition) is 2. The Morgan fingerprint density at radius 1 is 1.21 bits per heavy atom. The molecule has 0 unspecified atom stereocenters. The second kappa shape index (κ2) is 6.86. The van der Waals surface area contributed by atoms with Crippen molar-refractivity contribution in [3.05, 3.63) is 79.5 Å². The summed E-state index contributed by atoms with van der Waals surface area (Å²) in [7, 11) is 1.47. The number of aromatic hydroxyl groups is 1. The Bertz CT molecular complexity index is 1270. The molecule has 0 spiro atoms. The Kier molecular flexibility index (Phi) is 4.37. The molecule has 0 amide bonds. The first-order valence-electron chi connectivity index (χ1n) is 8.27. The molecular formula is C20H14ClN3O4. The molecule has 0 aliphatic carbocycles. The number of methoxy groups -OCH3 is 1. The van der Waals surface area contributed by atoms with Gasteiger partial charge in [0.1, 0.15) is 11.3 Å². The van der Waals surface area contributed by atoms with E-state index in [1.807, 2.05) is 24.3 Å². The second-order valence-electron chi connectivity index (χ2n) is 6.03. The third-order valence-electron chi connectivity index (χ3n) is 4.37. The van der Waals surface area contributed by atoms with Crippen LogP contribution in [-0.2, 0) is 0 Å². The van der Waals surface area contributed by atoms with Gasteiger partial charge in [-0.15, -0.1) is 0 Å². The predicted octanol–water partition coefficient (Wildman–Crippen LogP) is 3.15. The highest BCUT2D eigenvalue weighted by Gasteiger charge is 2.18. The van der Waals surface area contributed by atoms with E-state index in [2.05, 4.69) is 9.98 Å². The van der Waals surface area contributed by atoms with E-state index in [1.165, 1.54) is 19.3 Å². The summed E-state index contributed by atoms with van der Waals surface area (Å²) in [6.45, 7) is 0. The lowest BCUT2D eigenvalue weighted by molar-refractivity contribution is 0.414. The molecule has 1 aliphatic heterocycles. The van der Waals surface area contributed by atoms with E-state index in [-0.39, 0.29) is 16.3 Å². The lowest BCUT2D eigenvalue weighted by Gasteiger charge is -2.12. The minimum atomic E-state index is -0.786. The van der Waals surface area contributed by atoms with Crippen LogP contribution < -0.4 is 16.0 Å². The zero-order valence-corrected chi connectivity index (χ0v) is 15.4. The van der Waals surface area contributed by atoms with Crippen LogP contribution in [0.4, 0.5) is 5.69 Å². The van der Waals surface area contributed by atoms with E-state index >= 15 is 0 Å². The molecule has 2 heterocycles. The molecule has 0 saturated carbocycles. The molecule has 1 aliphatic rings. The van der Waals surface area contributed by atoms with Crippen LogP contribution in [0.15, 0.2) is 57.0 Å². The Morgan fingerprint density at radius 2 is 2.00 bits per heavy atom. The molecule has 4 rings (SSSR count). The van der Waals surface area contributed by atoms with Crippen LogP contribution in [0.2, 0.25) is 5.02 Å². The fourth-order valence-electron chi connectivity index (χ4n) is 3.01. The zero-order chi connectivity index (χ0) is 19.8. The lowest BCUT2D eigenvalue weighted by Crippen LogP contribution is -2.30. The van der Waals surface area contributed by atoms with Crippen molar-refractivity contribution in [1.29, 1.82) is 0 Å². The third kappa shape index (κ3) is 2.91. The summed E-state index contributed by atoms with van der Waals surface area (Å²) in [5, 5.41) is 11.0. The number of nitrogens with zero attached hydrogens (tertiary/aromatic N) is 2. The number of aromatic nitrogens is 2. The number of benzene rings is 2. The molecule has 2 N–H and O–H groups in total. The van der Waals surface area contributed by atoms with Crippen molar-refractivity contribution in [3.8, 4) is 17.3 Å². The zero-order valence-electron chi connectivity index (χ0n) is 14.6. The lowest BCUT2D eigenvalue weighted by atomic mass is 10.1. The maximum atomic E-state index is 12.3. The Labute approximate surface area is 163 Å². The van der Waals surface area contributed by atoms with Gasteiger partial charge in [-0.2, -0.15) is 0 Å². The van der Waals surface area contributed by atoms with Crippen LogP contribution in [0.25, 0.3) is 17.3 Å². The van der Waals surface area contributed by atoms with Gasteiger partial charge >= 0.3 is 5.69 Å². The highest BCUT2D eigenvalue weighted by molar-refractivity contribution is 6.32. The summed E-state index contributed by atoms with van der Waals surface area (Å²) in [4.78, 5) is 31.2. The Balaban J connectivity index is 1.90. The van der Waals surface area contributed by atoms with Gasteiger partial charge in [0.2, 0.25) is 5.88 Å². The van der Waals surface area contributed by atoms with Gasteiger partial charge in [0.15, 0.2) is 0 Å². The minimum Gasteiger partial charge on any atom is -0.495 e. The molecule has 2 aromatic carbocycles. The average molecular weight is 396 g/mol. The highest BCUT2D eigenvalue weighted by atomic mass is 35.5. The van der Waals surface area contributed by atoms with Crippen molar-refractivity contribution < 1.29 is 9.84 Å². The number of hydrogen-bond acceptors (Lipinski definition) is 5. The summed E-state index contributed by atoms with van der Waals surface area (Å²) in [6.07, 6.45) is 3.09. The van der Waals surface area contributed by atoms with E-state index in [9.17, 15) is 14.7 Å². The van der Waals surface area contributed by atoms with Crippen molar-refractivity contribution >= 4 is 35.2 Å². The van der Waals surface area contributed by atoms with Gasteiger partial charge in [-0.25, -0.2) is 9.36 Å². The van der Waals surface area contributed by atoms with E-state index in [4.69, 9.17) is 16.3 Å². The van der Waals surface area contributed by atoms with E-state index < -0.39 is 17.1 Å². The van der Waals surface area contributed by atoms with Crippen molar-refractivity contribution in [1.82, 2.24) is 9.55 Å². The second-order valence-corrected chi connectivity index (χ2v) is 6.43. The molecule has 0 fully saturated rings. The number of fused-ring (bicyclic) bond motifs is 1. The van der Waals surface area contributed by atoms with Gasteiger partial charge in [-0.1, -0.05) is 29.8 Å².